The van der Waals surface area contributed by atoms with Crippen LogP contribution in [0.4, 0.5) is 0 Å². The van der Waals surface area contributed by atoms with E-state index in [-0.39, 0.29) is 12.1 Å². The summed E-state index contributed by atoms with van der Waals surface area (Å²) in [5.41, 5.74) is 2.62. The summed E-state index contributed by atoms with van der Waals surface area (Å²) in [6.07, 6.45) is 0.712. The Bertz CT molecular complexity index is 1220. The van der Waals surface area contributed by atoms with Crippen LogP contribution in [0.25, 0.3) is 0 Å². The Morgan fingerprint density at radius 3 is 1.76 bits per heavy atom. The molecule has 0 aromatic heterocycles. The zero-order valence-corrected chi connectivity index (χ0v) is 22.2. The second-order valence-corrected chi connectivity index (χ2v) is 9.64. The molecule has 0 saturated carbocycles. The number of rotatable bonds is 11. The Hall–Kier alpha value is -3.60. The molecule has 4 aromatic carbocycles. The zero-order valence-electron chi connectivity index (χ0n) is 22.2. The van der Waals surface area contributed by atoms with Crippen molar-refractivity contribution in [3.63, 3.8) is 0 Å². The van der Waals surface area contributed by atoms with Gasteiger partial charge >= 0.3 is 0 Å². The van der Waals surface area contributed by atoms with Crippen molar-refractivity contribution in [1.82, 2.24) is 4.90 Å². The van der Waals surface area contributed by atoms with Gasteiger partial charge in [0.2, 0.25) is 0 Å². The van der Waals surface area contributed by atoms with Gasteiger partial charge in [-0.2, -0.15) is 0 Å². The standard InChI is InChI=1S/C33H37NO3/c1-5-32(27-14-10-7-11-15-27)33(35,29-18-22-31(23-19-29)37-25(2)34(3)4)28-16-20-30(21-17-28)36-24-26-12-8-6-9-13-26/h6-23,25,32,35H,5,24H2,1-4H3. The number of benzene rings is 4. The Labute approximate surface area is 221 Å². The molecule has 3 atom stereocenters. The minimum absolute atomic E-state index is 0.0547. The van der Waals surface area contributed by atoms with Crippen LogP contribution in [-0.4, -0.2) is 30.3 Å². The van der Waals surface area contributed by atoms with Crippen molar-refractivity contribution in [3.8, 4) is 11.5 Å². The van der Waals surface area contributed by atoms with Crippen molar-refractivity contribution in [2.24, 2.45) is 0 Å². The number of nitrogens with zero attached hydrogens (tertiary/aromatic N) is 1. The van der Waals surface area contributed by atoms with E-state index in [1.165, 1.54) is 0 Å². The predicted molar refractivity (Wildman–Crippen MR) is 150 cm³/mol. The van der Waals surface area contributed by atoms with Gasteiger partial charge in [-0.1, -0.05) is 91.9 Å². The van der Waals surface area contributed by atoms with Crippen LogP contribution in [0.1, 0.15) is 48.4 Å². The minimum atomic E-state index is -1.24. The van der Waals surface area contributed by atoms with Crippen LogP contribution < -0.4 is 9.47 Å². The highest BCUT2D eigenvalue weighted by Crippen LogP contribution is 2.45. The molecule has 192 valence electrons. The van der Waals surface area contributed by atoms with Crippen molar-refractivity contribution in [3.05, 3.63) is 131 Å². The summed E-state index contributed by atoms with van der Waals surface area (Å²) < 4.78 is 12.0. The molecule has 0 heterocycles. The van der Waals surface area contributed by atoms with Gasteiger partial charge in [-0.05, 0) is 74.0 Å². The molecule has 0 amide bonds. The zero-order chi connectivity index (χ0) is 26.3. The number of ether oxygens (including phenoxy) is 2. The van der Waals surface area contributed by atoms with Crippen LogP contribution in [0.3, 0.4) is 0 Å². The third-order valence-electron chi connectivity index (χ3n) is 6.99. The first-order valence-electron chi connectivity index (χ1n) is 12.9. The van der Waals surface area contributed by atoms with Crippen molar-refractivity contribution in [1.29, 1.82) is 0 Å². The average molecular weight is 496 g/mol. The van der Waals surface area contributed by atoms with Gasteiger partial charge in [0.1, 0.15) is 29.9 Å². The van der Waals surface area contributed by atoms with Crippen LogP contribution in [0.5, 0.6) is 11.5 Å². The second-order valence-electron chi connectivity index (χ2n) is 9.64. The van der Waals surface area contributed by atoms with Crippen LogP contribution in [0.2, 0.25) is 0 Å². The summed E-state index contributed by atoms with van der Waals surface area (Å²) in [5, 5.41) is 12.5. The van der Waals surface area contributed by atoms with Gasteiger partial charge in [0, 0.05) is 5.92 Å². The smallest absolute Gasteiger partial charge is 0.149 e. The SMILES string of the molecule is CCC(c1ccccc1)C(O)(c1ccc(OCc2ccccc2)cc1)c1ccc(OC(C)N(C)C)cc1. The molecule has 0 spiro atoms. The first-order valence-corrected chi connectivity index (χ1v) is 12.9. The van der Waals surface area contributed by atoms with Crippen molar-refractivity contribution in [2.75, 3.05) is 14.1 Å². The summed E-state index contributed by atoms with van der Waals surface area (Å²) in [6.45, 7) is 4.63. The Morgan fingerprint density at radius 1 is 0.730 bits per heavy atom. The fraction of sp³-hybridized carbons (Fsp3) is 0.273. The molecule has 4 heteroatoms. The second kappa shape index (κ2) is 12.1. The quantitative estimate of drug-likeness (QED) is 0.228. The van der Waals surface area contributed by atoms with E-state index < -0.39 is 5.60 Å². The van der Waals surface area contributed by atoms with E-state index in [4.69, 9.17) is 9.47 Å². The summed E-state index contributed by atoms with van der Waals surface area (Å²) in [7, 11) is 3.97. The Balaban J connectivity index is 1.67. The topological polar surface area (TPSA) is 41.9 Å². The van der Waals surface area contributed by atoms with E-state index >= 15 is 0 Å². The molecule has 0 aliphatic heterocycles. The lowest BCUT2D eigenvalue weighted by Gasteiger charge is -2.37. The van der Waals surface area contributed by atoms with Gasteiger partial charge in [-0.15, -0.1) is 0 Å². The first-order chi connectivity index (χ1) is 17.9. The third kappa shape index (κ3) is 6.22. The monoisotopic (exact) mass is 495 g/mol. The van der Waals surface area contributed by atoms with E-state index in [1.807, 2.05) is 123 Å². The van der Waals surface area contributed by atoms with Crippen LogP contribution in [-0.2, 0) is 12.2 Å². The maximum Gasteiger partial charge on any atom is 0.149 e. The molecule has 3 unspecified atom stereocenters. The van der Waals surface area contributed by atoms with Gasteiger partial charge in [0.05, 0.1) is 0 Å². The number of hydrogen-bond donors (Lipinski definition) is 1. The average Bonchev–Trinajstić information content (AvgIpc) is 2.94. The van der Waals surface area contributed by atoms with Crippen molar-refractivity contribution in [2.45, 2.75) is 44.6 Å². The molecule has 4 aromatic rings. The maximum atomic E-state index is 12.5. The molecular weight excluding hydrogens is 458 g/mol. The van der Waals surface area contributed by atoms with E-state index in [1.54, 1.807) is 0 Å². The normalized spacial score (nSPS) is 14.5. The minimum Gasteiger partial charge on any atom is -0.489 e. The molecule has 4 rings (SSSR count). The number of aliphatic hydroxyl groups is 1. The summed E-state index contributed by atoms with van der Waals surface area (Å²) >= 11 is 0. The molecule has 0 radical (unpaired) electrons. The van der Waals surface area contributed by atoms with Crippen molar-refractivity contribution < 1.29 is 14.6 Å². The first kappa shape index (κ1) is 26.5. The predicted octanol–water partition coefficient (Wildman–Crippen LogP) is 6.98. The lowest BCUT2D eigenvalue weighted by atomic mass is 9.72. The summed E-state index contributed by atoms with van der Waals surface area (Å²) in [4.78, 5) is 2.01. The molecule has 1 N–H and O–H groups in total. The van der Waals surface area contributed by atoms with E-state index in [0.717, 1.165) is 40.2 Å². The highest BCUT2D eigenvalue weighted by molar-refractivity contribution is 5.45. The molecule has 0 aliphatic carbocycles. The highest BCUT2D eigenvalue weighted by atomic mass is 16.5. The molecule has 37 heavy (non-hydrogen) atoms. The Morgan fingerprint density at radius 2 is 1.24 bits per heavy atom. The van der Waals surface area contributed by atoms with Gasteiger partial charge in [-0.25, -0.2) is 0 Å². The van der Waals surface area contributed by atoms with Crippen molar-refractivity contribution >= 4 is 0 Å². The van der Waals surface area contributed by atoms with Gasteiger partial charge in [-0.3, -0.25) is 4.90 Å². The molecule has 0 aliphatic rings. The van der Waals surface area contributed by atoms with Crippen LogP contribution in [0, 0.1) is 0 Å². The number of hydrogen-bond acceptors (Lipinski definition) is 4. The molecule has 0 saturated heterocycles. The fourth-order valence-electron chi connectivity index (χ4n) is 4.66. The van der Waals surface area contributed by atoms with E-state index in [9.17, 15) is 5.11 Å². The lowest BCUT2D eigenvalue weighted by Crippen LogP contribution is -2.35. The third-order valence-corrected chi connectivity index (χ3v) is 6.99. The largest absolute Gasteiger partial charge is 0.489 e. The van der Waals surface area contributed by atoms with Gasteiger partial charge < -0.3 is 14.6 Å². The molecular formula is C33H37NO3. The highest BCUT2D eigenvalue weighted by Gasteiger charge is 2.40. The van der Waals surface area contributed by atoms with Crippen LogP contribution >= 0.6 is 0 Å². The summed E-state index contributed by atoms with van der Waals surface area (Å²) in [5.74, 6) is 1.39. The molecule has 0 fully saturated rings. The van der Waals surface area contributed by atoms with Gasteiger partial charge in [0.25, 0.3) is 0 Å². The Kier molecular flexibility index (Phi) is 8.65. The van der Waals surface area contributed by atoms with Gasteiger partial charge in [0.15, 0.2) is 0 Å². The maximum absolute atomic E-state index is 12.5. The lowest BCUT2D eigenvalue weighted by molar-refractivity contribution is 0.0473. The van der Waals surface area contributed by atoms with E-state index in [2.05, 4.69) is 19.1 Å². The molecule has 4 nitrogen and oxygen atoms in total. The molecule has 0 bridgehead atoms. The van der Waals surface area contributed by atoms with Crippen LogP contribution in [0.15, 0.2) is 109 Å². The fourth-order valence-corrected chi connectivity index (χ4v) is 4.66. The van der Waals surface area contributed by atoms with E-state index in [0.29, 0.717) is 6.61 Å². The summed E-state index contributed by atoms with van der Waals surface area (Å²) in [6, 6.07) is 36.0.